The highest BCUT2D eigenvalue weighted by Crippen LogP contribution is 2.37. The number of phenols is 2. The Morgan fingerprint density at radius 1 is 1.03 bits per heavy atom. The van der Waals surface area contributed by atoms with Crippen LogP contribution in [0, 0.1) is 0 Å². The van der Waals surface area contributed by atoms with Gasteiger partial charge in [0.05, 0.1) is 11.3 Å². The number of carbonyl (C=O) groups is 1. The molecule has 7 heteroatoms. The molecule has 2 heterocycles. The van der Waals surface area contributed by atoms with E-state index in [-0.39, 0.29) is 34.2 Å². The van der Waals surface area contributed by atoms with E-state index in [9.17, 15) is 15.0 Å². The molecule has 4 rings (SSSR count). The number of ether oxygens (including phenoxy) is 1. The van der Waals surface area contributed by atoms with Crippen molar-refractivity contribution in [3.8, 4) is 28.6 Å². The van der Waals surface area contributed by atoms with Gasteiger partial charge in [-0.15, -0.1) is 10.2 Å². The fourth-order valence-electron chi connectivity index (χ4n) is 4.72. The Labute approximate surface area is 181 Å². The number of nitrogens with zero attached hydrogens (tertiary/aromatic N) is 2. The van der Waals surface area contributed by atoms with Crippen molar-refractivity contribution in [2.24, 2.45) is 0 Å². The van der Waals surface area contributed by atoms with Crippen molar-refractivity contribution in [3.63, 3.8) is 0 Å². The summed E-state index contributed by atoms with van der Waals surface area (Å²) in [6, 6.07) is 9.84. The lowest BCUT2D eigenvalue weighted by atomic mass is 9.81. The molecule has 0 saturated carbocycles. The van der Waals surface area contributed by atoms with Crippen LogP contribution in [0.2, 0.25) is 0 Å². The normalized spacial score (nSPS) is 18.1. The minimum atomic E-state index is -0.196. The number of hydrogen-bond acceptors (Lipinski definition) is 7. The minimum absolute atomic E-state index is 0.00909. The Hall–Kier alpha value is -3.19. The molecule has 3 aromatic rings. The van der Waals surface area contributed by atoms with Gasteiger partial charge in [-0.3, -0.25) is 4.79 Å². The van der Waals surface area contributed by atoms with Crippen LogP contribution in [-0.2, 0) is 0 Å². The number of carbonyl (C=O) groups excluding carboxylic acids is 1. The van der Waals surface area contributed by atoms with Gasteiger partial charge < -0.3 is 20.3 Å². The first kappa shape index (κ1) is 21.1. The molecule has 0 atom stereocenters. The molecule has 1 fully saturated rings. The van der Waals surface area contributed by atoms with Gasteiger partial charge in [0.25, 0.3) is 0 Å². The molecule has 162 valence electrons. The zero-order valence-corrected chi connectivity index (χ0v) is 18.1. The number of piperidine rings is 1. The molecule has 0 amide bonds. The number of fused-ring (bicyclic) bond motifs is 1. The van der Waals surface area contributed by atoms with Crippen molar-refractivity contribution >= 4 is 17.1 Å². The lowest BCUT2D eigenvalue weighted by Gasteiger charge is -2.46. The number of rotatable bonds is 4. The van der Waals surface area contributed by atoms with E-state index in [1.54, 1.807) is 24.3 Å². The molecule has 1 saturated heterocycles. The van der Waals surface area contributed by atoms with Gasteiger partial charge in [0, 0.05) is 35.5 Å². The van der Waals surface area contributed by atoms with Crippen LogP contribution in [0.25, 0.3) is 22.0 Å². The number of aromatic hydroxyl groups is 2. The van der Waals surface area contributed by atoms with Gasteiger partial charge in [-0.1, -0.05) is 6.07 Å². The molecule has 31 heavy (non-hydrogen) atoms. The van der Waals surface area contributed by atoms with Crippen LogP contribution in [0.1, 0.15) is 50.9 Å². The fourth-order valence-corrected chi connectivity index (χ4v) is 4.72. The van der Waals surface area contributed by atoms with Crippen molar-refractivity contribution in [1.82, 2.24) is 15.5 Å². The van der Waals surface area contributed by atoms with E-state index in [2.05, 4.69) is 43.2 Å². The monoisotopic (exact) mass is 421 g/mol. The van der Waals surface area contributed by atoms with E-state index in [1.807, 2.05) is 0 Å². The Morgan fingerprint density at radius 2 is 1.74 bits per heavy atom. The lowest BCUT2D eigenvalue weighted by Crippen LogP contribution is -2.60. The molecule has 1 aliphatic heterocycles. The molecule has 0 radical (unpaired) electrons. The van der Waals surface area contributed by atoms with Crippen LogP contribution in [0.4, 0.5) is 0 Å². The van der Waals surface area contributed by atoms with E-state index in [1.165, 1.54) is 12.1 Å². The van der Waals surface area contributed by atoms with Crippen molar-refractivity contribution in [3.05, 3.63) is 42.0 Å². The summed E-state index contributed by atoms with van der Waals surface area (Å²) in [7, 11) is 0. The van der Waals surface area contributed by atoms with Gasteiger partial charge in [-0.05, 0) is 62.7 Å². The van der Waals surface area contributed by atoms with Gasteiger partial charge in [0.1, 0.15) is 17.6 Å². The summed E-state index contributed by atoms with van der Waals surface area (Å²) >= 11 is 0. The summed E-state index contributed by atoms with van der Waals surface area (Å²) in [6.45, 7) is 8.63. The molecular weight excluding hydrogens is 394 g/mol. The molecule has 0 aliphatic carbocycles. The molecule has 2 aromatic carbocycles. The third-order valence-electron chi connectivity index (χ3n) is 5.61. The topological polar surface area (TPSA) is 105 Å². The van der Waals surface area contributed by atoms with Crippen LogP contribution in [0.15, 0.2) is 36.4 Å². The van der Waals surface area contributed by atoms with Gasteiger partial charge in [0.15, 0.2) is 6.29 Å². The van der Waals surface area contributed by atoms with Crippen molar-refractivity contribution in [1.29, 1.82) is 0 Å². The molecule has 1 aliphatic rings. The number of aldehydes is 1. The van der Waals surface area contributed by atoms with Gasteiger partial charge >= 0.3 is 0 Å². The van der Waals surface area contributed by atoms with Crippen molar-refractivity contribution in [2.75, 3.05) is 0 Å². The maximum Gasteiger partial charge on any atom is 0.233 e. The number of aromatic nitrogens is 2. The smallest absolute Gasteiger partial charge is 0.233 e. The second-order valence-corrected chi connectivity index (χ2v) is 9.51. The van der Waals surface area contributed by atoms with Crippen LogP contribution in [0.3, 0.4) is 0 Å². The average molecular weight is 421 g/mol. The van der Waals surface area contributed by atoms with Gasteiger partial charge in [0.2, 0.25) is 5.88 Å². The summed E-state index contributed by atoms with van der Waals surface area (Å²) in [4.78, 5) is 11.6. The first-order chi connectivity index (χ1) is 14.6. The second kappa shape index (κ2) is 7.50. The summed E-state index contributed by atoms with van der Waals surface area (Å²) in [5, 5.41) is 33.6. The van der Waals surface area contributed by atoms with Crippen LogP contribution in [-0.4, -0.2) is 43.9 Å². The number of hydrogen-bond donors (Lipinski definition) is 3. The zero-order valence-electron chi connectivity index (χ0n) is 18.1. The van der Waals surface area contributed by atoms with Gasteiger partial charge in [-0.25, -0.2) is 0 Å². The van der Waals surface area contributed by atoms with E-state index >= 15 is 0 Å². The van der Waals surface area contributed by atoms with E-state index in [0.29, 0.717) is 34.2 Å². The molecule has 0 bridgehead atoms. The Morgan fingerprint density at radius 3 is 2.35 bits per heavy atom. The van der Waals surface area contributed by atoms with Crippen LogP contribution in [0.5, 0.6) is 17.4 Å². The van der Waals surface area contributed by atoms with Crippen LogP contribution >= 0.6 is 0 Å². The first-order valence-corrected chi connectivity index (χ1v) is 10.3. The largest absolute Gasteiger partial charge is 0.508 e. The van der Waals surface area contributed by atoms with E-state index < -0.39 is 0 Å². The first-order valence-electron chi connectivity index (χ1n) is 10.3. The SMILES string of the molecule is CC1(C)CC(Oc2ccc(-c3cc4ccc(O)cc4c(C=O)c3O)nn2)CC(C)(C)N1. The maximum atomic E-state index is 11.6. The number of nitrogens with one attached hydrogen (secondary N) is 1. The highest BCUT2D eigenvalue weighted by Gasteiger charge is 2.38. The molecule has 1 aromatic heterocycles. The summed E-state index contributed by atoms with van der Waals surface area (Å²) in [5.74, 6) is 0.245. The Balaban J connectivity index is 1.63. The predicted molar refractivity (Wildman–Crippen MR) is 119 cm³/mol. The second-order valence-electron chi connectivity index (χ2n) is 9.51. The summed E-state index contributed by atoms with van der Waals surface area (Å²) in [5.41, 5.74) is 0.828. The Bertz CT molecular complexity index is 1120. The molecule has 0 spiro atoms. The quantitative estimate of drug-likeness (QED) is 0.542. The van der Waals surface area contributed by atoms with Crippen LogP contribution < -0.4 is 10.1 Å². The molecule has 7 nitrogen and oxygen atoms in total. The van der Waals surface area contributed by atoms with Crippen molar-refractivity contribution in [2.45, 2.75) is 57.7 Å². The summed E-state index contributed by atoms with van der Waals surface area (Å²) in [6.07, 6.45) is 2.28. The third-order valence-corrected chi connectivity index (χ3v) is 5.61. The predicted octanol–water partition coefficient (Wildman–Crippen LogP) is 4.21. The van der Waals surface area contributed by atoms with E-state index in [0.717, 1.165) is 12.8 Å². The average Bonchev–Trinajstić information content (AvgIpc) is 2.66. The van der Waals surface area contributed by atoms with Gasteiger partial charge in [-0.2, -0.15) is 0 Å². The minimum Gasteiger partial charge on any atom is -0.508 e. The Kier molecular flexibility index (Phi) is 5.09. The highest BCUT2D eigenvalue weighted by molar-refractivity contribution is 6.04. The fraction of sp³-hybridized carbons (Fsp3) is 0.375. The molecule has 3 N–H and O–H groups in total. The van der Waals surface area contributed by atoms with Crippen molar-refractivity contribution < 1.29 is 19.7 Å². The zero-order chi connectivity index (χ0) is 22.4. The number of phenolic OH excluding ortho intramolecular Hbond substituents is 2. The van der Waals surface area contributed by atoms with E-state index in [4.69, 9.17) is 4.74 Å². The standard InChI is InChI=1S/C24H27N3O4/c1-23(2)11-16(12-24(3,4)27-23)31-21-8-7-20(25-26-21)18-9-14-5-6-15(29)10-17(14)19(13-28)22(18)30/h5-10,13,16,27,29-30H,11-12H2,1-4H3. The maximum absolute atomic E-state index is 11.6. The molecule has 0 unspecified atom stereocenters. The highest BCUT2D eigenvalue weighted by atomic mass is 16.5. The lowest BCUT2D eigenvalue weighted by molar-refractivity contribution is 0.0524. The number of benzene rings is 2. The summed E-state index contributed by atoms with van der Waals surface area (Å²) < 4.78 is 6.12. The molecular formula is C24H27N3O4. The third kappa shape index (κ3) is 4.32.